The fourth-order valence-electron chi connectivity index (χ4n) is 7.18. The second-order valence-corrected chi connectivity index (χ2v) is 12.5. The van der Waals surface area contributed by atoms with Gasteiger partial charge < -0.3 is 14.5 Å². The third kappa shape index (κ3) is 3.53. The van der Waals surface area contributed by atoms with Gasteiger partial charge in [-0.3, -0.25) is 9.97 Å². The maximum atomic E-state index is 7.04. The number of rotatable bonds is 2. The van der Waals surface area contributed by atoms with Crippen molar-refractivity contribution in [2.45, 2.75) is 9.79 Å². The minimum absolute atomic E-state index is 0.0755. The van der Waals surface area contributed by atoms with Crippen LogP contribution in [0.15, 0.2) is 150 Å². The molecule has 3 aliphatic heterocycles. The van der Waals surface area contributed by atoms with E-state index in [9.17, 15) is 0 Å². The van der Waals surface area contributed by atoms with E-state index in [0.717, 1.165) is 56.7 Å². The van der Waals surface area contributed by atoms with Crippen molar-refractivity contribution < 1.29 is 4.74 Å². The van der Waals surface area contributed by atoms with Gasteiger partial charge in [-0.1, -0.05) is 90.0 Å². The van der Waals surface area contributed by atoms with Crippen LogP contribution in [0.1, 0.15) is 0 Å². The van der Waals surface area contributed by atoms with E-state index in [-0.39, 0.29) is 6.71 Å². The number of ether oxygens (including phenoxy) is 1. The first kappa shape index (κ1) is 24.9. The number of anilines is 6. The molecule has 0 aliphatic carbocycles. The van der Waals surface area contributed by atoms with E-state index in [1.807, 2.05) is 23.9 Å². The first-order valence-electron chi connectivity index (χ1n) is 15.0. The Morgan fingerprint density at radius 1 is 0.578 bits per heavy atom. The highest BCUT2D eigenvalue weighted by molar-refractivity contribution is 8.00. The van der Waals surface area contributed by atoms with Crippen molar-refractivity contribution in [1.82, 2.24) is 9.97 Å². The summed E-state index contributed by atoms with van der Waals surface area (Å²) in [4.78, 5) is 16.7. The van der Waals surface area contributed by atoms with Crippen LogP contribution >= 0.6 is 11.8 Å². The van der Waals surface area contributed by atoms with Gasteiger partial charge in [0.25, 0.3) is 0 Å². The van der Waals surface area contributed by atoms with Crippen molar-refractivity contribution in [2.75, 3.05) is 9.80 Å². The predicted molar refractivity (Wildman–Crippen MR) is 184 cm³/mol. The first-order chi connectivity index (χ1) is 22.3. The topological polar surface area (TPSA) is 41.5 Å². The van der Waals surface area contributed by atoms with Gasteiger partial charge in [0.05, 0.1) is 28.3 Å². The predicted octanol–water partition coefficient (Wildman–Crippen LogP) is 7.97. The molecule has 45 heavy (non-hydrogen) atoms. The monoisotopic (exact) mass is 594 g/mol. The third-order valence-electron chi connectivity index (χ3n) is 8.98. The Bertz CT molecular complexity index is 2320. The van der Waals surface area contributed by atoms with Crippen molar-refractivity contribution >= 4 is 80.0 Å². The van der Waals surface area contributed by atoms with E-state index < -0.39 is 0 Å². The Hall–Kier alpha value is -5.53. The fourth-order valence-corrected chi connectivity index (χ4v) is 8.36. The molecule has 1 aromatic heterocycles. The Kier molecular flexibility index (Phi) is 5.24. The zero-order chi connectivity index (χ0) is 29.5. The summed E-state index contributed by atoms with van der Waals surface area (Å²) in [7, 11) is 0. The van der Waals surface area contributed by atoms with Gasteiger partial charge in [0.2, 0.25) is 6.71 Å². The third-order valence-corrected chi connectivity index (χ3v) is 10.1. The van der Waals surface area contributed by atoms with Gasteiger partial charge in [0, 0.05) is 33.6 Å². The highest BCUT2D eigenvalue weighted by atomic mass is 32.2. The van der Waals surface area contributed by atoms with Crippen molar-refractivity contribution in [3.05, 3.63) is 140 Å². The number of hydrogen-bond donors (Lipinski definition) is 0. The molecule has 0 bridgehead atoms. The number of para-hydroxylation sites is 5. The lowest BCUT2D eigenvalue weighted by Crippen LogP contribution is -2.60. The lowest BCUT2D eigenvalue weighted by molar-refractivity contribution is 0.478. The van der Waals surface area contributed by atoms with Gasteiger partial charge in [-0.2, -0.15) is 0 Å². The molecular weight excluding hydrogens is 571 g/mol. The average molecular weight is 595 g/mol. The van der Waals surface area contributed by atoms with Crippen LogP contribution in [0.25, 0.3) is 11.0 Å². The standard InChI is InChI=1S/C38H23BN4OS/c1-2-11-24(12-3-1)42-28-16-6-4-13-25(28)39-26-14-5-9-20-33(26)45-34-23-31-38(37(42)35(34)39)44-32-19-8-7-17-29(32)43(31)30-18-10-15-27-36(30)41-22-21-40-27/h1-23H. The van der Waals surface area contributed by atoms with E-state index >= 15 is 0 Å². The highest BCUT2D eigenvalue weighted by Crippen LogP contribution is 2.58. The van der Waals surface area contributed by atoms with Crippen molar-refractivity contribution in [1.29, 1.82) is 0 Å². The van der Waals surface area contributed by atoms with Crippen LogP contribution in [0.2, 0.25) is 0 Å². The van der Waals surface area contributed by atoms with Crippen LogP contribution in [-0.2, 0) is 0 Å². The molecule has 0 unspecified atom stereocenters. The summed E-state index contributed by atoms with van der Waals surface area (Å²) in [5.74, 6) is 1.63. The Labute approximate surface area is 264 Å². The Morgan fingerprint density at radius 2 is 1.31 bits per heavy atom. The van der Waals surface area contributed by atoms with E-state index in [4.69, 9.17) is 9.72 Å². The maximum absolute atomic E-state index is 7.04. The lowest BCUT2D eigenvalue weighted by Gasteiger charge is -2.43. The van der Waals surface area contributed by atoms with Crippen LogP contribution in [0.3, 0.4) is 0 Å². The van der Waals surface area contributed by atoms with E-state index in [0.29, 0.717) is 0 Å². The molecule has 3 aliphatic rings. The Morgan fingerprint density at radius 3 is 2.22 bits per heavy atom. The molecule has 0 saturated heterocycles. The van der Waals surface area contributed by atoms with Crippen LogP contribution in [-0.4, -0.2) is 16.7 Å². The molecule has 0 atom stereocenters. The van der Waals surface area contributed by atoms with E-state index in [1.54, 1.807) is 12.4 Å². The molecule has 7 heteroatoms. The lowest BCUT2D eigenvalue weighted by atomic mass is 9.35. The zero-order valence-electron chi connectivity index (χ0n) is 24.0. The number of benzene rings is 6. The van der Waals surface area contributed by atoms with Gasteiger partial charge >= 0.3 is 0 Å². The SMILES string of the molecule is c1ccc(N2c3ccccc3B3c4ccccc4Sc4cc5c(c2c43)Oc2ccccc2N5c2cccc3nccnc23)cc1. The molecule has 0 saturated carbocycles. The van der Waals surface area contributed by atoms with Gasteiger partial charge in [-0.15, -0.1) is 0 Å². The van der Waals surface area contributed by atoms with Crippen molar-refractivity contribution in [3.8, 4) is 11.5 Å². The van der Waals surface area contributed by atoms with Crippen molar-refractivity contribution in [3.63, 3.8) is 0 Å². The van der Waals surface area contributed by atoms with E-state index in [2.05, 4.69) is 130 Å². The van der Waals surface area contributed by atoms with Crippen molar-refractivity contribution in [2.24, 2.45) is 0 Å². The molecule has 0 spiro atoms. The number of nitrogens with zero attached hydrogens (tertiary/aromatic N) is 4. The molecule has 210 valence electrons. The molecule has 0 amide bonds. The molecule has 7 aromatic rings. The largest absolute Gasteiger partial charge is 0.451 e. The van der Waals surface area contributed by atoms with Gasteiger partial charge in [0.1, 0.15) is 5.52 Å². The minimum atomic E-state index is 0.0755. The number of hydrogen-bond acceptors (Lipinski definition) is 6. The first-order valence-corrected chi connectivity index (χ1v) is 15.9. The second kappa shape index (κ2) is 9.49. The van der Waals surface area contributed by atoms with Gasteiger partial charge in [0.15, 0.2) is 11.5 Å². The molecular formula is C38H23BN4OS. The summed E-state index contributed by atoms with van der Waals surface area (Å²) < 4.78 is 7.04. The van der Waals surface area contributed by atoms with Crippen LogP contribution in [0, 0.1) is 0 Å². The van der Waals surface area contributed by atoms with Crippen LogP contribution < -0.4 is 30.9 Å². The summed E-state index contributed by atoms with van der Waals surface area (Å²) in [5.41, 5.74) is 11.8. The second-order valence-electron chi connectivity index (χ2n) is 11.4. The minimum Gasteiger partial charge on any atom is -0.451 e. The zero-order valence-corrected chi connectivity index (χ0v) is 24.8. The molecule has 6 aromatic carbocycles. The van der Waals surface area contributed by atoms with Gasteiger partial charge in [-0.05, 0) is 65.5 Å². The smallest absolute Gasteiger partial charge is 0.249 e. The number of aromatic nitrogens is 2. The normalized spacial score (nSPS) is 13.7. The Balaban J connectivity index is 1.34. The quantitative estimate of drug-likeness (QED) is 0.189. The summed E-state index contributed by atoms with van der Waals surface area (Å²) >= 11 is 1.84. The van der Waals surface area contributed by atoms with Gasteiger partial charge in [-0.25, -0.2) is 0 Å². The molecule has 10 rings (SSSR count). The van der Waals surface area contributed by atoms with Crippen LogP contribution in [0.4, 0.5) is 34.1 Å². The number of fused-ring (bicyclic) bond motifs is 8. The highest BCUT2D eigenvalue weighted by Gasteiger charge is 2.45. The average Bonchev–Trinajstić information content (AvgIpc) is 3.10. The molecule has 4 heterocycles. The molecule has 0 radical (unpaired) electrons. The summed E-state index contributed by atoms with van der Waals surface area (Å²) in [6.45, 7) is 0.0755. The molecule has 0 N–H and O–H groups in total. The molecule has 0 fully saturated rings. The molecule has 5 nitrogen and oxygen atoms in total. The summed E-state index contributed by atoms with van der Waals surface area (Å²) in [5, 5.41) is 0. The van der Waals surface area contributed by atoms with Crippen LogP contribution in [0.5, 0.6) is 11.5 Å². The summed E-state index contributed by atoms with van der Waals surface area (Å²) in [6, 6.07) is 45.1. The fraction of sp³-hybridized carbons (Fsp3) is 0. The summed E-state index contributed by atoms with van der Waals surface area (Å²) in [6.07, 6.45) is 3.51. The van der Waals surface area contributed by atoms with E-state index in [1.165, 1.54) is 26.2 Å². The maximum Gasteiger partial charge on any atom is 0.249 e.